The molecule has 0 radical (unpaired) electrons. The van der Waals surface area contributed by atoms with Crippen LogP contribution in [0.1, 0.15) is 45.4 Å². The predicted octanol–water partition coefficient (Wildman–Crippen LogP) is 1.48. The van der Waals surface area contributed by atoms with Gasteiger partial charge in [-0.2, -0.15) is 0 Å². The lowest BCUT2D eigenvalue weighted by atomic mass is 9.92. The molecule has 0 aliphatic carbocycles. The van der Waals surface area contributed by atoms with Crippen molar-refractivity contribution in [3.63, 3.8) is 0 Å². The molecule has 2 saturated heterocycles. The number of carbonyl (C=O) groups is 2. The van der Waals surface area contributed by atoms with Crippen molar-refractivity contribution in [3.8, 4) is 0 Å². The molecule has 0 aromatic heterocycles. The Morgan fingerprint density at radius 2 is 1.59 bits per heavy atom. The van der Waals surface area contributed by atoms with E-state index in [4.69, 9.17) is 0 Å². The quantitative estimate of drug-likeness (QED) is 0.783. The molecule has 0 unspecified atom stereocenters. The predicted molar refractivity (Wildman–Crippen MR) is 87.4 cm³/mol. The summed E-state index contributed by atoms with van der Waals surface area (Å²) in [6.45, 7) is 6.48. The average Bonchev–Trinajstić information content (AvgIpc) is 2.55. The largest absolute Gasteiger partial charge is 0.343 e. The van der Waals surface area contributed by atoms with Gasteiger partial charge in [-0.1, -0.05) is 6.92 Å². The lowest BCUT2D eigenvalue weighted by Crippen LogP contribution is -2.46. The summed E-state index contributed by atoms with van der Waals surface area (Å²) in [6, 6.07) is 0. The standard InChI is InChI=1S/C17H31N3O2/c1-14-5-10-20(11-6-14)17(22)15-7-12-19(13-8-15)16(21)4-3-9-18-2/h14-15,18H,3-13H2,1-2H3. The molecule has 2 rings (SSSR count). The number of likely N-dealkylation sites (tertiary alicyclic amines) is 2. The molecule has 2 heterocycles. The number of nitrogens with zero attached hydrogens (tertiary/aromatic N) is 2. The Morgan fingerprint density at radius 3 is 2.18 bits per heavy atom. The van der Waals surface area contributed by atoms with Crippen molar-refractivity contribution in [1.29, 1.82) is 0 Å². The molecule has 0 aromatic carbocycles. The normalized spacial score (nSPS) is 21.2. The molecule has 0 bridgehead atoms. The van der Waals surface area contributed by atoms with E-state index in [1.54, 1.807) is 0 Å². The number of rotatable bonds is 5. The zero-order chi connectivity index (χ0) is 15.9. The number of nitrogens with one attached hydrogen (secondary N) is 1. The molecule has 0 spiro atoms. The van der Waals surface area contributed by atoms with Crippen LogP contribution in [-0.2, 0) is 9.59 Å². The number of piperidine rings is 2. The van der Waals surface area contributed by atoms with Gasteiger partial charge in [0.15, 0.2) is 0 Å². The maximum atomic E-state index is 12.6. The topological polar surface area (TPSA) is 52.7 Å². The van der Waals surface area contributed by atoms with Gasteiger partial charge >= 0.3 is 0 Å². The van der Waals surface area contributed by atoms with Crippen LogP contribution in [-0.4, -0.2) is 61.4 Å². The molecule has 5 nitrogen and oxygen atoms in total. The third-order valence-corrected chi connectivity index (χ3v) is 5.11. The molecule has 5 heteroatoms. The van der Waals surface area contributed by atoms with Gasteiger partial charge in [0.05, 0.1) is 0 Å². The molecule has 0 atom stereocenters. The number of hydrogen-bond acceptors (Lipinski definition) is 3. The summed E-state index contributed by atoms with van der Waals surface area (Å²) in [5, 5.41) is 3.07. The summed E-state index contributed by atoms with van der Waals surface area (Å²) in [4.78, 5) is 28.6. The van der Waals surface area contributed by atoms with Gasteiger partial charge in [-0.3, -0.25) is 9.59 Å². The Balaban J connectivity index is 1.72. The maximum absolute atomic E-state index is 12.6. The first-order chi connectivity index (χ1) is 10.6. The van der Waals surface area contributed by atoms with E-state index in [0.29, 0.717) is 12.3 Å². The highest BCUT2D eigenvalue weighted by Gasteiger charge is 2.31. The van der Waals surface area contributed by atoms with Gasteiger partial charge in [-0.15, -0.1) is 0 Å². The molecule has 22 heavy (non-hydrogen) atoms. The molecule has 126 valence electrons. The minimum Gasteiger partial charge on any atom is -0.343 e. The van der Waals surface area contributed by atoms with Crippen LogP contribution >= 0.6 is 0 Å². The number of hydrogen-bond donors (Lipinski definition) is 1. The fourth-order valence-electron chi connectivity index (χ4n) is 3.44. The van der Waals surface area contributed by atoms with Crippen molar-refractivity contribution in [2.45, 2.75) is 45.4 Å². The molecule has 2 aliphatic rings. The third-order valence-electron chi connectivity index (χ3n) is 5.11. The molecular weight excluding hydrogens is 278 g/mol. The first kappa shape index (κ1) is 17.3. The average molecular weight is 309 g/mol. The fourth-order valence-corrected chi connectivity index (χ4v) is 3.44. The summed E-state index contributed by atoms with van der Waals surface area (Å²) in [7, 11) is 1.91. The highest BCUT2D eigenvalue weighted by molar-refractivity contribution is 5.80. The van der Waals surface area contributed by atoms with Crippen LogP contribution in [0.5, 0.6) is 0 Å². The first-order valence-corrected chi connectivity index (χ1v) is 8.83. The van der Waals surface area contributed by atoms with Gasteiger partial charge in [0, 0.05) is 38.5 Å². The van der Waals surface area contributed by atoms with E-state index in [0.717, 1.165) is 70.7 Å². The Bertz CT molecular complexity index is 370. The van der Waals surface area contributed by atoms with E-state index in [-0.39, 0.29) is 11.8 Å². The Morgan fingerprint density at radius 1 is 1.00 bits per heavy atom. The van der Waals surface area contributed by atoms with Crippen molar-refractivity contribution in [3.05, 3.63) is 0 Å². The SMILES string of the molecule is CNCCCC(=O)N1CCC(C(=O)N2CCC(C)CC2)CC1. The van der Waals surface area contributed by atoms with Crippen LogP contribution in [0.4, 0.5) is 0 Å². The molecular formula is C17H31N3O2. The van der Waals surface area contributed by atoms with Crippen molar-refractivity contribution < 1.29 is 9.59 Å². The zero-order valence-corrected chi connectivity index (χ0v) is 14.1. The fraction of sp³-hybridized carbons (Fsp3) is 0.882. The molecule has 2 fully saturated rings. The van der Waals surface area contributed by atoms with E-state index in [1.165, 1.54) is 0 Å². The second-order valence-electron chi connectivity index (χ2n) is 6.87. The van der Waals surface area contributed by atoms with E-state index < -0.39 is 0 Å². The molecule has 2 amide bonds. The van der Waals surface area contributed by atoms with Gasteiger partial charge < -0.3 is 15.1 Å². The monoisotopic (exact) mass is 309 g/mol. The lowest BCUT2D eigenvalue weighted by Gasteiger charge is -2.36. The Labute approximate surface area is 134 Å². The molecule has 0 saturated carbocycles. The van der Waals surface area contributed by atoms with Crippen molar-refractivity contribution in [2.24, 2.45) is 11.8 Å². The maximum Gasteiger partial charge on any atom is 0.225 e. The Kier molecular flexibility index (Phi) is 6.68. The van der Waals surface area contributed by atoms with Crippen LogP contribution in [0.15, 0.2) is 0 Å². The van der Waals surface area contributed by atoms with Crippen LogP contribution < -0.4 is 5.32 Å². The van der Waals surface area contributed by atoms with Gasteiger partial charge in [0.2, 0.25) is 11.8 Å². The Hall–Kier alpha value is -1.10. The molecule has 0 aromatic rings. The minimum atomic E-state index is 0.134. The van der Waals surface area contributed by atoms with Crippen LogP contribution in [0, 0.1) is 11.8 Å². The minimum absolute atomic E-state index is 0.134. The summed E-state index contributed by atoms with van der Waals surface area (Å²) in [6.07, 6.45) is 5.44. The van der Waals surface area contributed by atoms with Crippen molar-refractivity contribution >= 4 is 11.8 Å². The van der Waals surface area contributed by atoms with Gasteiger partial charge in [0.1, 0.15) is 0 Å². The van der Waals surface area contributed by atoms with Crippen LogP contribution in [0.25, 0.3) is 0 Å². The van der Waals surface area contributed by atoms with E-state index in [1.807, 2.05) is 11.9 Å². The van der Waals surface area contributed by atoms with Crippen molar-refractivity contribution in [2.75, 3.05) is 39.8 Å². The first-order valence-electron chi connectivity index (χ1n) is 8.83. The lowest BCUT2D eigenvalue weighted by molar-refractivity contribution is -0.141. The smallest absolute Gasteiger partial charge is 0.225 e. The third kappa shape index (κ3) is 4.70. The highest BCUT2D eigenvalue weighted by Crippen LogP contribution is 2.23. The van der Waals surface area contributed by atoms with Gasteiger partial charge in [0.25, 0.3) is 0 Å². The second-order valence-corrected chi connectivity index (χ2v) is 6.87. The van der Waals surface area contributed by atoms with E-state index in [2.05, 4.69) is 17.1 Å². The summed E-state index contributed by atoms with van der Waals surface area (Å²) < 4.78 is 0. The molecule has 2 aliphatic heterocycles. The van der Waals surface area contributed by atoms with Gasteiger partial charge in [-0.05, 0) is 51.6 Å². The van der Waals surface area contributed by atoms with E-state index in [9.17, 15) is 9.59 Å². The van der Waals surface area contributed by atoms with Crippen LogP contribution in [0.2, 0.25) is 0 Å². The number of amides is 2. The number of carbonyl (C=O) groups excluding carboxylic acids is 2. The van der Waals surface area contributed by atoms with Crippen LogP contribution in [0.3, 0.4) is 0 Å². The zero-order valence-electron chi connectivity index (χ0n) is 14.1. The highest BCUT2D eigenvalue weighted by atomic mass is 16.2. The molecule has 1 N–H and O–H groups in total. The summed E-state index contributed by atoms with van der Waals surface area (Å²) >= 11 is 0. The summed E-state index contributed by atoms with van der Waals surface area (Å²) in [5.41, 5.74) is 0. The van der Waals surface area contributed by atoms with E-state index >= 15 is 0 Å². The summed E-state index contributed by atoms with van der Waals surface area (Å²) in [5.74, 6) is 1.46. The second kappa shape index (κ2) is 8.51. The van der Waals surface area contributed by atoms with Gasteiger partial charge in [-0.25, -0.2) is 0 Å². The van der Waals surface area contributed by atoms with Crippen molar-refractivity contribution in [1.82, 2.24) is 15.1 Å².